The number of hydrogen-bond donors (Lipinski definition) is 3. The molecular formula is C22H30N4O6S. The molecule has 0 radical (unpaired) electrons. The number of aryl methyl sites for hydroxylation is 1. The molecule has 180 valence electrons. The molecule has 2 atom stereocenters. The maximum atomic E-state index is 13.3. The van der Waals surface area contributed by atoms with Crippen molar-refractivity contribution in [3.63, 3.8) is 0 Å². The van der Waals surface area contributed by atoms with Crippen LogP contribution in [0.4, 0.5) is 4.79 Å². The highest BCUT2D eigenvalue weighted by Crippen LogP contribution is 2.23. The van der Waals surface area contributed by atoms with E-state index in [0.717, 1.165) is 10.5 Å². The van der Waals surface area contributed by atoms with Gasteiger partial charge in [-0.3, -0.25) is 14.4 Å². The van der Waals surface area contributed by atoms with Crippen LogP contribution in [0.5, 0.6) is 0 Å². The van der Waals surface area contributed by atoms with E-state index < -0.39 is 54.7 Å². The van der Waals surface area contributed by atoms with E-state index in [1.54, 1.807) is 39.0 Å². The Balaban J connectivity index is 3.31. The Bertz CT molecular complexity index is 909. The van der Waals surface area contributed by atoms with Crippen molar-refractivity contribution in [2.24, 2.45) is 0 Å². The smallest absolute Gasteiger partial charge is 0.408 e. The van der Waals surface area contributed by atoms with E-state index in [2.05, 4.69) is 28.0 Å². The number of nitriles is 1. The van der Waals surface area contributed by atoms with Crippen LogP contribution in [0, 0.1) is 18.3 Å². The monoisotopic (exact) mass is 478 g/mol. The van der Waals surface area contributed by atoms with E-state index in [0.29, 0.717) is 5.56 Å². The molecule has 33 heavy (non-hydrogen) atoms. The third-order valence-corrected chi connectivity index (χ3v) is 4.61. The molecule has 2 unspecified atom stereocenters. The molecule has 0 saturated heterocycles. The van der Waals surface area contributed by atoms with Crippen LogP contribution in [0.15, 0.2) is 24.3 Å². The SMILES string of the molecule is COC(=O)CNC(=O)C(c1cccc(C)c1)N(CC#N)C(=O)C(CS)NC(=O)OC(C)(C)C. The molecule has 3 amide bonds. The second kappa shape index (κ2) is 12.7. The predicted molar refractivity (Wildman–Crippen MR) is 123 cm³/mol. The molecule has 10 nitrogen and oxygen atoms in total. The van der Waals surface area contributed by atoms with Crippen LogP contribution in [0.2, 0.25) is 0 Å². The third kappa shape index (κ3) is 9.02. The molecule has 11 heteroatoms. The van der Waals surface area contributed by atoms with Gasteiger partial charge in [-0.25, -0.2) is 4.79 Å². The molecule has 0 spiro atoms. The fraction of sp³-hybridized carbons (Fsp3) is 0.500. The van der Waals surface area contributed by atoms with E-state index in [9.17, 15) is 24.4 Å². The predicted octanol–water partition coefficient (Wildman–Crippen LogP) is 1.50. The molecule has 0 aliphatic rings. The first-order chi connectivity index (χ1) is 15.4. The van der Waals surface area contributed by atoms with Crippen molar-refractivity contribution in [3.05, 3.63) is 35.4 Å². The van der Waals surface area contributed by atoms with Gasteiger partial charge < -0.3 is 25.0 Å². The average Bonchev–Trinajstić information content (AvgIpc) is 2.73. The van der Waals surface area contributed by atoms with E-state index >= 15 is 0 Å². The third-order valence-electron chi connectivity index (χ3n) is 4.25. The van der Waals surface area contributed by atoms with Crippen LogP contribution in [0.25, 0.3) is 0 Å². The lowest BCUT2D eigenvalue weighted by Gasteiger charge is -2.32. The second-order valence-electron chi connectivity index (χ2n) is 8.12. The number of ether oxygens (including phenoxy) is 2. The fourth-order valence-corrected chi connectivity index (χ4v) is 3.10. The highest BCUT2D eigenvalue weighted by molar-refractivity contribution is 7.80. The van der Waals surface area contributed by atoms with E-state index in [1.165, 1.54) is 7.11 Å². The number of benzene rings is 1. The van der Waals surface area contributed by atoms with Gasteiger partial charge in [-0.05, 0) is 33.3 Å². The maximum absolute atomic E-state index is 13.3. The van der Waals surface area contributed by atoms with Crippen molar-refractivity contribution >= 4 is 36.5 Å². The first-order valence-electron chi connectivity index (χ1n) is 10.1. The molecule has 0 aliphatic heterocycles. The Hall–Kier alpha value is -3.26. The first kappa shape index (κ1) is 27.8. The summed E-state index contributed by atoms with van der Waals surface area (Å²) < 4.78 is 9.74. The first-order valence-corrected chi connectivity index (χ1v) is 10.8. The largest absolute Gasteiger partial charge is 0.468 e. The average molecular weight is 479 g/mol. The van der Waals surface area contributed by atoms with Gasteiger partial charge in [0, 0.05) is 5.75 Å². The number of nitrogens with one attached hydrogen (secondary N) is 2. The van der Waals surface area contributed by atoms with Crippen LogP contribution in [0.3, 0.4) is 0 Å². The number of carbonyl (C=O) groups excluding carboxylic acids is 4. The molecule has 2 N–H and O–H groups in total. The number of alkyl carbamates (subject to hydrolysis) is 1. The molecule has 0 aliphatic carbocycles. The number of hydrogen-bond acceptors (Lipinski definition) is 8. The van der Waals surface area contributed by atoms with E-state index in [-0.39, 0.29) is 5.75 Å². The van der Waals surface area contributed by atoms with Crippen molar-refractivity contribution in [2.45, 2.75) is 45.4 Å². The molecule has 1 aromatic carbocycles. The summed E-state index contributed by atoms with van der Waals surface area (Å²) in [5.74, 6) is -2.18. The van der Waals surface area contributed by atoms with Gasteiger partial charge in [-0.2, -0.15) is 17.9 Å². The number of rotatable bonds is 9. The highest BCUT2D eigenvalue weighted by Gasteiger charge is 2.36. The summed E-state index contributed by atoms with van der Waals surface area (Å²) in [6.07, 6.45) is -0.839. The van der Waals surface area contributed by atoms with Crippen molar-refractivity contribution in [3.8, 4) is 6.07 Å². The van der Waals surface area contributed by atoms with Gasteiger partial charge in [0.05, 0.1) is 13.2 Å². The molecular weight excluding hydrogens is 448 g/mol. The van der Waals surface area contributed by atoms with Crippen LogP contribution in [-0.4, -0.2) is 66.4 Å². The fourth-order valence-electron chi connectivity index (χ4n) is 2.85. The minimum absolute atomic E-state index is 0.107. The molecule has 0 heterocycles. The number of thiol groups is 1. The summed E-state index contributed by atoms with van der Waals surface area (Å²) >= 11 is 4.15. The quantitative estimate of drug-likeness (QED) is 0.278. The molecule has 0 aromatic heterocycles. The Labute approximate surface area is 199 Å². The van der Waals surface area contributed by atoms with Gasteiger partial charge in [0.2, 0.25) is 11.8 Å². The summed E-state index contributed by atoms with van der Waals surface area (Å²) in [5, 5.41) is 14.2. The van der Waals surface area contributed by atoms with Crippen LogP contribution >= 0.6 is 12.6 Å². The zero-order chi connectivity index (χ0) is 25.2. The number of esters is 1. The van der Waals surface area contributed by atoms with Gasteiger partial charge in [0.1, 0.15) is 30.8 Å². The summed E-state index contributed by atoms with van der Waals surface area (Å²) in [4.78, 5) is 51.2. The minimum Gasteiger partial charge on any atom is -0.468 e. The lowest BCUT2D eigenvalue weighted by atomic mass is 10.0. The second-order valence-corrected chi connectivity index (χ2v) is 8.48. The Morgan fingerprint density at radius 3 is 2.42 bits per heavy atom. The van der Waals surface area contributed by atoms with Crippen LogP contribution in [0.1, 0.15) is 37.9 Å². The van der Waals surface area contributed by atoms with Crippen molar-refractivity contribution in [1.29, 1.82) is 5.26 Å². The van der Waals surface area contributed by atoms with Crippen LogP contribution in [-0.2, 0) is 23.9 Å². The van der Waals surface area contributed by atoms with E-state index in [1.807, 2.05) is 19.1 Å². The summed E-state index contributed by atoms with van der Waals surface area (Å²) in [5.41, 5.74) is 0.454. The van der Waals surface area contributed by atoms with Crippen molar-refractivity contribution in [1.82, 2.24) is 15.5 Å². The topological polar surface area (TPSA) is 138 Å². The highest BCUT2D eigenvalue weighted by atomic mass is 32.1. The van der Waals surface area contributed by atoms with Gasteiger partial charge in [0.25, 0.3) is 0 Å². The molecule has 1 rings (SSSR count). The number of carbonyl (C=O) groups is 4. The molecule has 0 bridgehead atoms. The lowest BCUT2D eigenvalue weighted by Crippen LogP contribution is -2.54. The molecule has 0 fully saturated rings. The zero-order valence-electron chi connectivity index (χ0n) is 19.4. The Morgan fingerprint density at radius 2 is 1.91 bits per heavy atom. The van der Waals surface area contributed by atoms with Gasteiger partial charge >= 0.3 is 12.1 Å². The Morgan fingerprint density at radius 1 is 1.24 bits per heavy atom. The van der Waals surface area contributed by atoms with Gasteiger partial charge in [-0.15, -0.1) is 0 Å². The number of amides is 3. The van der Waals surface area contributed by atoms with Gasteiger partial charge in [-0.1, -0.05) is 29.8 Å². The number of nitrogens with zero attached hydrogens (tertiary/aromatic N) is 2. The lowest BCUT2D eigenvalue weighted by molar-refractivity contribution is -0.144. The number of methoxy groups -OCH3 is 1. The summed E-state index contributed by atoms with van der Waals surface area (Å²) in [7, 11) is 1.18. The minimum atomic E-state index is -1.25. The van der Waals surface area contributed by atoms with Crippen molar-refractivity contribution in [2.75, 3.05) is 26.0 Å². The van der Waals surface area contributed by atoms with Gasteiger partial charge in [0.15, 0.2) is 0 Å². The molecule has 0 saturated carbocycles. The van der Waals surface area contributed by atoms with E-state index in [4.69, 9.17) is 4.74 Å². The normalized spacial score (nSPS) is 12.5. The zero-order valence-corrected chi connectivity index (χ0v) is 20.3. The summed E-state index contributed by atoms with van der Waals surface area (Å²) in [6.45, 7) is 5.95. The van der Waals surface area contributed by atoms with Crippen molar-refractivity contribution < 1.29 is 28.7 Å². The Kier molecular flexibility index (Phi) is 10.7. The molecule has 1 aromatic rings. The van der Waals surface area contributed by atoms with Crippen LogP contribution < -0.4 is 10.6 Å². The summed E-state index contributed by atoms with van der Waals surface area (Å²) in [6, 6.07) is 6.30. The maximum Gasteiger partial charge on any atom is 0.408 e. The standard InChI is InChI=1S/C22H30N4O6S/c1-14-7-6-8-15(11-14)18(19(28)24-12-17(27)31-5)26(10-9-23)20(29)16(13-33)25-21(30)32-22(2,3)4/h6-8,11,16,18,33H,10,12-13H2,1-5H3,(H,24,28)(H,25,30).